The number of amidine groups is 1. The molecule has 3 amide bonds. The fourth-order valence-corrected chi connectivity index (χ4v) is 7.03. The second-order valence-corrected chi connectivity index (χ2v) is 15.8. The van der Waals surface area contributed by atoms with Gasteiger partial charge in [-0.15, -0.1) is 0 Å². The van der Waals surface area contributed by atoms with Crippen LogP contribution in [0.2, 0.25) is 0 Å². The Kier molecular flexibility index (Phi) is 8.86. The summed E-state index contributed by atoms with van der Waals surface area (Å²) in [6, 6.07) is 8.41. The lowest BCUT2D eigenvalue weighted by atomic mass is 9.83. The van der Waals surface area contributed by atoms with E-state index >= 15 is 0 Å². The molecule has 1 saturated carbocycles. The molecule has 210 valence electrons. The van der Waals surface area contributed by atoms with Crippen molar-refractivity contribution in [2.75, 3.05) is 31.9 Å². The van der Waals surface area contributed by atoms with Gasteiger partial charge in [-0.1, -0.05) is 37.3 Å². The largest absolute Gasteiger partial charge is 0.463 e. The van der Waals surface area contributed by atoms with Crippen LogP contribution in [-0.4, -0.2) is 70.8 Å². The summed E-state index contributed by atoms with van der Waals surface area (Å²) < 4.78 is 4.98. The van der Waals surface area contributed by atoms with Crippen molar-refractivity contribution in [1.29, 1.82) is 0 Å². The third-order valence-corrected chi connectivity index (χ3v) is 10.8. The minimum absolute atomic E-state index is 0.00788. The lowest BCUT2D eigenvalue weighted by Gasteiger charge is -2.52. The van der Waals surface area contributed by atoms with Crippen molar-refractivity contribution in [2.24, 2.45) is 16.5 Å². The molecule has 0 saturated heterocycles. The molecule has 1 fully saturated rings. The number of aliphatic imine (C=N–C) groups is 1. The number of carbonyl (C=O) groups is 3. The zero-order valence-electron chi connectivity index (χ0n) is 23.5. The Morgan fingerprint density at radius 3 is 2.32 bits per heavy atom. The summed E-state index contributed by atoms with van der Waals surface area (Å²) >= 11 is 0. The van der Waals surface area contributed by atoms with Crippen molar-refractivity contribution in [1.82, 2.24) is 10.2 Å². The van der Waals surface area contributed by atoms with E-state index in [1.165, 1.54) is 0 Å². The zero-order chi connectivity index (χ0) is 28.3. The van der Waals surface area contributed by atoms with Crippen LogP contribution in [0, 0.1) is 0 Å². The molecule has 1 heterocycles. The molecule has 9 nitrogen and oxygen atoms in total. The molecule has 1 aliphatic heterocycles. The smallest absolute Gasteiger partial charge is 0.319 e. The van der Waals surface area contributed by atoms with E-state index in [0.29, 0.717) is 24.1 Å². The fraction of sp³-hybridized carbons (Fsp3) is 0.571. The molecule has 1 unspecified atom stereocenters. The molecule has 1 aliphatic carbocycles. The molecule has 0 radical (unpaired) electrons. The molecule has 5 N–H and O–H groups in total. The first-order chi connectivity index (χ1) is 17.7. The summed E-state index contributed by atoms with van der Waals surface area (Å²) in [7, 11) is -1.18. The van der Waals surface area contributed by atoms with Gasteiger partial charge in [0.1, 0.15) is 12.4 Å². The molecular weight excluding hydrogens is 502 g/mol. The normalized spacial score (nSPS) is 19.9. The number of hydrogen-bond donors (Lipinski definition) is 3. The second kappa shape index (κ2) is 11.4. The third kappa shape index (κ3) is 5.85. The summed E-state index contributed by atoms with van der Waals surface area (Å²) in [5, 5.41) is 2.99. The highest BCUT2D eigenvalue weighted by Gasteiger charge is 2.51. The number of rotatable bonds is 9. The molecule has 3 rings (SSSR count). The lowest BCUT2D eigenvalue weighted by Crippen LogP contribution is -2.52. The summed E-state index contributed by atoms with van der Waals surface area (Å²) in [6.07, 6.45) is 10.0. The zero-order valence-corrected chi connectivity index (χ0v) is 24.3. The molecule has 2 aliphatic rings. The van der Waals surface area contributed by atoms with E-state index in [4.69, 9.17) is 16.2 Å². The first-order valence-electron chi connectivity index (χ1n) is 13.1. The number of nitrogens with zero attached hydrogens (tertiary/aromatic N) is 2. The van der Waals surface area contributed by atoms with E-state index in [1.54, 1.807) is 4.90 Å². The van der Waals surface area contributed by atoms with Crippen LogP contribution in [0.1, 0.15) is 64.5 Å². The molecule has 38 heavy (non-hydrogen) atoms. The van der Waals surface area contributed by atoms with Crippen LogP contribution in [0.25, 0.3) is 0 Å². The monoisotopic (exact) mass is 545 g/mol. The van der Waals surface area contributed by atoms with E-state index < -0.39 is 26.4 Å². The Morgan fingerprint density at radius 2 is 1.79 bits per heavy atom. The van der Waals surface area contributed by atoms with Crippen molar-refractivity contribution >= 4 is 33.8 Å². The number of amides is 3. The summed E-state index contributed by atoms with van der Waals surface area (Å²) in [4.78, 5) is 44.7. The van der Waals surface area contributed by atoms with Crippen molar-refractivity contribution in [3.8, 4) is 0 Å². The van der Waals surface area contributed by atoms with Crippen LogP contribution in [0.5, 0.6) is 0 Å². The van der Waals surface area contributed by atoms with Crippen molar-refractivity contribution < 1.29 is 19.1 Å². The van der Waals surface area contributed by atoms with Crippen molar-refractivity contribution in [3.05, 3.63) is 47.2 Å². The number of ether oxygens (including phenoxy) is 1. The number of hydrogen-bond acceptors (Lipinski definition) is 5. The Balaban J connectivity index is 1.79. The fourth-order valence-electron chi connectivity index (χ4n) is 4.95. The molecule has 0 aromatic heterocycles. The Morgan fingerprint density at radius 1 is 1.16 bits per heavy atom. The van der Waals surface area contributed by atoms with Crippen LogP contribution in [-0.2, 0) is 14.3 Å². The minimum atomic E-state index is -1.18. The molecule has 0 spiro atoms. The molecule has 10 heteroatoms. The molecule has 1 aromatic rings. The van der Waals surface area contributed by atoms with Crippen molar-refractivity contribution in [3.63, 3.8) is 0 Å². The molecule has 0 bridgehead atoms. The number of benzene rings is 1. The average Bonchev–Trinajstić information content (AvgIpc) is 3.04. The number of nitrogens with two attached hydrogens (primary N) is 2. The molecule has 1 aromatic carbocycles. The molecule has 1 atom stereocenters. The number of carbonyl (C=O) groups excluding carboxylic acids is 3. The number of urea groups is 1. The summed E-state index contributed by atoms with van der Waals surface area (Å²) in [5.41, 5.74) is 13.7. The van der Waals surface area contributed by atoms with Gasteiger partial charge in [-0.3, -0.25) is 9.59 Å². The van der Waals surface area contributed by atoms with Crippen LogP contribution in [0.15, 0.2) is 46.6 Å². The van der Waals surface area contributed by atoms with Crippen LogP contribution in [0.3, 0.4) is 0 Å². The summed E-state index contributed by atoms with van der Waals surface area (Å²) in [5.74, 6) is -0.436. The van der Waals surface area contributed by atoms with Gasteiger partial charge in [-0.25, -0.2) is 14.8 Å². The predicted molar refractivity (Wildman–Crippen MR) is 154 cm³/mol. The van der Waals surface area contributed by atoms with Gasteiger partial charge >= 0.3 is 12.0 Å². The van der Waals surface area contributed by atoms with Gasteiger partial charge in [-0.2, -0.15) is 4.99 Å². The van der Waals surface area contributed by atoms with Gasteiger partial charge in [0.25, 0.3) is 5.91 Å². The van der Waals surface area contributed by atoms with E-state index in [9.17, 15) is 14.4 Å². The van der Waals surface area contributed by atoms with Gasteiger partial charge in [0.15, 0.2) is 0 Å². The lowest BCUT2D eigenvalue weighted by molar-refractivity contribution is -0.144. The maximum Gasteiger partial charge on any atom is 0.319 e. The third-order valence-electron chi connectivity index (χ3n) is 7.84. The Labute approximate surface area is 227 Å². The van der Waals surface area contributed by atoms with E-state index in [-0.39, 0.29) is 36.9 Å². The first kappa shape index (κ1) is 29.5. The Hall–Kier alpha value is -3.01. The highest BCUT2D eigenvalue weighted by Crippen LogP contribution is 2.61. The Bertz CT molecular complexity index is 1120. The van der Waals surface area contributed by atoms with E-state index in [2.05, 4.69) is 29.1 Å². The number of esters is 1. The molecular formula is C28H43N5O4S. The van der Waals surface area contributed by atoms with Crippen LogP contribution < -0.4 is 16.8 Å². The number of nitrogens with one attached hydrogen (secondary N) is 1. The second-order valence-electron chi connectivity index (χ2n) is 11.4. The maximum absolute atomic E-state index is 13.5. The SMILES string of the molecule is CCCC(=O)OCC(NC(=O)N1CC(C(N)=NC(=O)C2(S(C)(C)C)CCC2)=C(N)C1(C)C)c1ccccc1. The highest BCUT2D eigenvalue weighted by atomic mass is 32.3. The van der Waals surface area contributed by atoms with Gasteiger partial charge in [-0.05, 0) is 63.9 Å². The van der Waals surface area contributed by atoms with Crippen LogP contribution in [0.4, 0.5) is 4.79 Å². The van der Waals surface area contributed by atoms with Gasteiger partial charge in [0.05, 0.1) is 22.9 Å². The van der Waals surface area contributed by atoms with Gasteiger partial charge < -0.3 is 26.4 Å². The van der Waals surface area contributed by atoms with E-state index in [0.717, 1.165) is 24.8 Å². The average molecular weight is 546 g/mol. The topological polar surface area (TPSA) is 140 Å². The van der Waals surface area contributed by atoms with E-state index in [1.807, 2.05) is 51.1 Å². The van der Waals surface area contributed by atoms with Crippen molar-refractivity contribution in [2.45, 2.75) is 69.2 Å². The quantitative estimate of drug-likeness (QED) is 0.246. The maximum atomic E-state index is 13.5. The highest BCUT2D eigenvalue weighted by molar-refractivity contribution is 8.33. The standard InChI is InChI=1S/C28H43N5O4S/c1-7-12-22(34)37-18-21(19-13-9-8-10-14-19)31-26(36)33-17-20(23(29)27(33,2)3)24(30)32-25(35)28(15-11-16-28)38(4,5)6/h8-10,13-14,21H,7,11-12,15-18,29H2,1-6H3,(H,31,36)(H2,30,32,35). The van der Waals surface area contributed by atoms with Gasteiger partial charge in [0.2, 0.25) is 0 Å². The van der Waals surface area contributed by atoms with Gasteiger partial charge in [0, 0.05) is 17.7 Å². The predicted octanol–water partition coefficient (Wildman–Crippen LogP) is 3.59. The minimum Gasteiger partial charge on any atom is -0.463 e. The first-order valence-corrected chi connectivity index (χ1v) is 15.9. The van der Waals surface area contributed by atoms with Crippen LogP contribution >= 0.6 is 10.0 Å². The summed E-state index contributed by atoms with van der Waals surface area (Å²) in [6.45, 7) is 5.68.